The molecule has 0 spiro atoms. The highest BCUT2D eigenvalue weighted by Crippen LogP contribution is 2.22. The first-order chi connectivity index (χ1) is 8.97. The molecule has 0 aliphatic carbocycles. The Hall–Kier alpha value is -2.44. The van der Waals surface area contributed by atoms with Gasteiger partial charge >= 0.3 is 0 Å². The second-order valence-electron chi connectivity index (χ2n) is 4.08. The third-order valence-electron chi connectivity index (χ3n) is 2.64. The van der Waals surface area contributed by atoms with Crippen LogP contribution in [-0.2, 0) is 0 Å². The molecule has 19 heavy (non-hydrogen) atoms. The number of carbonyl (C=O) groups is 1. The molecule has 0 radical (unpaired) electrons. The molecule has 0 saturated heterocycles. The number of nitrogens with two attached hydrogens (primary N) is 1. The Morgan fingerprint density at radius 3 is 2.74 bits per heavy atom. The Kier molecular flexibility index (Phi) is 4.99. The minimum atomic E-state index is -0.536. The summed E-state index contributed by atoms with van der Waals surface area (Å²) in [6.07, 6.45) is 0.764. The molecule has 1 aromatic rings. The van der Waals surface area contributed by atoms with Crippen LogP contribution < -0.4 is 11.1 Å². The summed E-state index contributed by atoms with van der Waals surface area (Å²) in [5, 5.41) is 32.8. The lowest BCUT2D eigenvalue weighted by atomic mass is 10.1. The van der Waals surface area contributed by atoms with Crippen LogP contribution in [-0.4, -0.2) is 33.2 Å². The lowest BCUT2D eigenvalue weighted by molar-refractivity contribution is 0.0934. The summed E-state index contributed by atoms with van der Waals surface area (Å²) >= 11 is 0. The van der Waals surface area contributed by atoms with Crippen molar-refractivity contribution < 1.29 is 20.2 Å². The number of nitrogens with zero attached hydrogens (tertiary/aromatic N) is 1. The molecule has 0 aliphatic rings. The minimum absolute atomic E-state index is 0.00674. The van der Waals surface area contributed by atoms with Gasteiger partial charge in [-0.05, 0) is 24.6 Å². The summed E-state index contributed by atoms with van der Waals surface area (Å²) in [7, 11) is 0. The number of aromatic hydroxyl groups is 2. The van der Waals surface area contributed by atoms with Gasteiger partial charge in [-0.2, -0.15) is 0 Å². The summed E-state index contributed by atoms with van der Waals surface area (Å²) in [6, 6.07) is 3.35. The third-order valence-corrected chi connectivity index (χ3v) is 2.64. The highest BCUT2D eigenvalue weighted by atomic mass is 16.4. The van der Waals surface area contributed by atoms with Crippen LogP contribution in [0.25, 0.3) is 0 Å². The van der Waals surface area contributed by atoms with Crippen LogP contribution >= 0.6 is 0 Å². The molecule has 6 N–H and O–H groups in total. The van der Waals surface area contributed by atoms with E-state index < -0.39 is 5.91 Å². The molecule has 1 rings (SSSR count). The zero-order valence-electron chi connectivity index (χ0n) is 10.5. The highest BCUT2D eigenvalue weighted by Gasteiger charge is 2.17. The first-order valence-electron chi connectivity index (χ1n) is 5.77. The van der Waals surface area contributed by atoms with E-state index in [4.69, 9.17) is 10.9 Å². The van der Waals surface area contributed by atoms with Gasteiger partial charge < -0.3 is 26.5 Å². The van der Waals surface area contributed by atoms with Crippen molar-refractivity contribution in [3.05, 3.63) is 23.8 Å². The van der Waals surface area contributed by atoms with Gasteiger partial charge in [-0.15, -0.1) is 0 Å². The summed E-state index contributed by atoms with van der Waals surface area (Å²) in [4.78, 5) is 11.9. The first kappa shape index (κ1) is 14.6. The van der Waals surface area contributed by atoms with Gasteiger partial charge in [0.05, 0.1) is 5.56 Å². The number of benzene rings is 1. The van der Waals surface area contributed by atoms with Crippen LogP contribution in [0.2, 0.25) is 0 Å². The van der Waals surface area contributed by atoms with Gasteiger partial charge in [-0.3, -0.25) is 4.79 Å². The van der Waals surface area contributed by atoms with E-state index in [1.807, 2.05) is 6.92 Å². The van der Waals surface area contributed by atoms with E-state index in [2.05, 4.69) is 10.5 Å². The maximum Gasteiger partial charge on any atom is 0.255 e. The average Bonchev–Trinajstić information content (AvgIpc) is 2.40. The lowest BCUT2D eigenvalue weighted by Gasteiger charge is -2.16. The van der Waals surface area contributed by atoms with Gasteiger partial charge in [0.1, 0.15) is 17.3 Å². The van der Waals surface area contributed by atoms with E-state index in [0.717, 1.165) is 0 Å². The van der Waals surface area contributed by atoms with Gasteiger partial charge in [0.25, 0.3) is 5.91 Å². The van der Waals surface area contributed by atoms with Gasteiger partial charge in [0.2, 0.25) is 0 Å². The Morgan fingerprint density at radius 1 is 1.47 bits per heavy atom. The number of hydrogen-bond acceptors (Lipinski definition) is 5. The van der Waals surface area contributed by atoms with E-state index >= 15 is 0 Å². The molecule has 7 heteroatoms. The number of oxime groups is 1. The molecular weight excluding hydrogens is 250 g/mol. The van der Waals surface area contributed by atoms with E-state index in [-0.39, 0.29) is 35.4 Å². The molecular formula is C12H17N3O4. The average molecular weight is 267 g/mol. The molecule has 7 nitrogen and oxygen atoms in total. The molecule has 0 aliphatic heterocycles. The number of hydrogen-bond donors (Lipinski definition) is 5. The molecule has 1 amide bonds. The van der Waals surface area contributed by atoms with Crippen molar-refractivity contribution >= 4 is 11.7 Å². The van der Waals surface area contributed by atoms with Crippen molar-refractivity contribution in [3.8, 4) is 11.5 Å². The number of carbonyl (C=O) groups excluding carboxylic acids is 1. The third kappa shape index (κ3) is 4.06. The maximum absolute atomic E-state index is 11.9. The second-order valence-corrected chi connectivity index (χ2v) is 4.08. The van der Waals surface area contributed by atoms with Gasteiger partial charge in [-0.25, -0.2) is 0 Å². The van der Waals surface area contributed by atoms with Crippen molar-refractivity contribution in [3.63, 3.8) is 0 Å². The number of phenolic OH excluding ortho intramolecular Hbond substituents is 2. The largest absolute Gasteiger partial charge is 0.508 e. The van der Waals surface area contributed by atoms with Crippen molar-refractivity contribution in [1.29, 1.82) is 0 Å². The van der Waals surface area contributed by atoms with E-state index in [1.165, 1.54) is 18.2 Å². The summed E-state index contributed by atoms with van der Waals surface area (Å²) in [5.74, 6) is -0.875. The van der Waals surface area contributed by atoms with E-state index in [9.17, 15) is 15.0 Å². The van der Waals surface area contributed by atoms with Crippen LogP contribution in [0.1, 0.15) is 30.1 Å². The van der Waals surface area contributed by atoms with Crippen molar-refractivity contribution in [2.45, 2.75) is 25.8 Å². The Bertz CT molecular complexity index is 488. The predicted octanol–water partition coefficient (Wildman–Crippen LogP) is 0.743. The molecule has 0 aromatic heterocycles. The normalized spacial score (nSPS) is 13.0. The molecule has 1 atom stereocenters. The van der Waals surface area contributed by atoms with Crippen LogP contribution in [0, 0.1) is 0 Å². The number of rotatable bonds is 5. The summed E-state index contributed by atoms with van der Waals surface area (Å²) < 4.78 is 0. The van der Waals surface area contributed by atoms with Gasteiger partial charge in [-0.1, -0.05) is 12.1 Å². The molecule has 0 heterocycles. The quantitative estimate of drug-likeness (QED) is 0.177. The molecule has 0 bridgehead atoms. The fraction of sp³-hybridized carbons (Fsp3) is 0.333. The van der Waals surface area contributed by atoms with E-state index in [0.29, 0.717) is 6.42 Å². The monoisotopic (exact) mass is 267 g/mol. The molecule has 104 valence electrons. The second kappa shape index (κ2) is 6.48. The van der Waals surface area contributed by atoms with Crippen LogP contribution in [0.4, 0.5) is 0 Å². The number of amidine groups is 1. The van der Waals surface area contributed by atoms with Crippen LogP contribution in [0.3, 0.4) is 0 Å². The molecule has 0 fully saturated rings. The van der Waals surface area contributed by atoms with Crippen molar-refractivity contribution in [1.82, 2.24) is 5.32 Å². The van der Waals surface area contributed by atoms with Crippen molar-refractivity contribution in [2.24, 2.45) is 10.9 Å². The lowest BCUT2D eigenvalue weighted by Crippen LogP contribution is -2.37. The van der Waals surface area contributed by atoms with Gasteiger partial charge in [0, 0.05) is 12.5 Å². The van der Waals surface area contributed by atoms with Gasteiger partial charge in [0.15, 0.2) is 0 Å². The zero-order valence-corrected chi connectivity index (χ0v) is 10.5. The Balaban J connectivity index is 2.80. The van der Waals surface area contributed by atoms with Crippen LogP contribution in [0.5, 0.6) is 11.5 Å². The van der Waals surface area contributed by atoms with Crippen LogP contribution in [0.15, 0.2) is 23.4 Å². The molecule has 1 unspecified atom stereocenters. The van der Waals surface area contributed by atoms with E-state index in [1.54, 1.807) is 0 Å². The molecule has 0 saturated carbocycles. The fourth-order valence-electron chi connectivity index (χ4n) is 1.56. The number of amides is 1. The summed E-state index contributed by atoms with van der Waals surface area (Å²) in [5.41, 5.74) is 5.35. The topological polar surface area (TPSA) is 128 Å². The number of nitrogens with one attached hydrogen (secondary N) is 1. The SMILES string of the molecule is CCC(C/C(N)=N/O)NC(=O)c1cc(O)ccc1O. The predicted molar refractivity (Wildman–Crippen MR) is 69.3 cm³/mol. The zero-order chi connectivity index (χ0) is 14.4. The highest BCUT2D eigenvalue weighted by molar-refractivity contribution is 5.97. The maximum atomic E-state index is 11.9. The first-order valence-corrected chi connectivity index (χ1v) is 5.77. The van der Waals surface area contributed by atoms with Crippen molar-refractivity contribution in [2.75, 3.05) is 0 Å². The number of phenols is 2. The summed E-state index contributed by atoms with van der Waals surface area (Å²) in [6.45, 7) is 1.83. The standard InChI is InChI=1S/C12H17N3O4/c1-2-7(5-11(13)15-19)14-12(18)9-6-8(16)3-4-10(9)17/h3-4,6-7,16-17,19H,2,5H2,1H3,(H2,13,15)(H,14,18). The fourth-order valence-corrected chi connectivity index (χ4v) is 1.56. The smallest absolute Gasteiger partial charge is 0.255 e. The molecule has 1 aromatic carbocycles. The Labute approximate surface area is 110 Å². The minimum Gasteiger partial charge on any atom is -0.508 e. The Morgan fingerprint density at radius 2 is 2.16 bits per heavy atom.